The Kier molecular flexibility index (Phi) is 2.87. The third kappa shape index (κ3) is 1.98. The van der Waals surface area contributed by atoms with Gasteiger partial charge in [-0.05, 0) is 43.3 Å². The summed E-state index contributed by atoms with van der Waals surface area (Å²) >= 11 is 0. The van der Waals surface area contributed by atoms with Crippen molar-refractivity contribution >= 4 is 0 Å². The van der Waals surface area contributed by atoms with E-state index in [0.29, 0.717) is 5.92 Å². The van der Waals surface area contributed by atoms with Gasteiger partial charge in [0.05, 0.1) is 6.20 Å². The van der Waals surface area contributed by atoms with Gasteiger partial charge in [-0.3, -0.25) is 5.10 Å². The topological polar surface area (TPSA) is 40.7 Å². The van der Waals surface area contributed by atoms with Crippen molar-refractivity contribution in [3.8, 4) is 0 Å². The first-order valence-electron chi connectivity index (χ1n) is 5.50. The second kappa shape index (κ2) is 4.13. The Morgan fingerprint density at radius 3 is 3.07 bits per heavy atom. The van der Waals surface area contributed by atoms with Crippen LogP contribution in [-0.2, 0) is 6.42 Å². The zero-order valence-electron chi connectivity index (χ0n) is 9.01. The lowest BCUT2D eigenvalue weighted by atomic mass is 9.96. The Morgan fingerprint density at radius 2 is 2.43 bits per heavy atom. The minimum atomic E-state index is 0.582. The van der Waals surface area contributed by atoms with Crippen LogP contribution in [0.5, 0.6) is 0 Å². The van der Waals surface area contributed by atoms with Crippen LogP contribution in [0, 0.1) is 5.92 Å². The maximum Gasteiger partial charge on any atom is 0.0524 e. The molecule has 0 aromatic carbocycles. The van der Waals surface area contributed by atoms with E-state index in [1.807, 2.05) is 6.20 Å². The van der Waals surface area contributed by atoms with Crippen LogP contribution in [0.2, 0.25) is 0 Å². The van der Waals surface area contributed by atoms with E-state index in [9.17, 15) is 0 Å². The molecule has 1 unspecified atom stereocenters. The largest absolute Gasteiger partial charge is 0.316 e. The molecular formula is C11H19N3. The molecule has 78 valence electrons. The Morgan fingerprint density at radius 1 is 1.57 bits per heavy atom. The molecule has 0 spiro atoms. The summed E-state index contributed by atoms with van der Waals surface area (Å²) in [6.45, 7) is 6.79. The van der Waals surface area contributed by atoms with Crippen LogP contribution in [-0.4, -0.2) is 23.3 Å². The van der Waals surface area contributed by atoms with Crippen molar-refractivity contribution in [1.82, 2.24) is 15.5 Å². The molecule has 2 rings (SSSR count). The summed E-state index contributed by atoms with van der Waals surface area (Å²) in [6, 6.07) is 0. The Balaban J connectivity index is 2.04. The average molecular weight is 193 g/mol. The summed E-state index contributed by atoms with van der Waals surface area (Å²) in [4.78, 5) is 0. The van der Waals surface area contributed by atoms with Crippen LogP contribution in [0.25, 0.3) is 0 Å². The third-order valence-corrected chi connectivity index (χ3v) is 3.03. The van der Waals surface area contributed by atoms with Crippen LogP contribution in [0.3, 0.4) is 0 Å². The van der Waals surface area contributed by atoms with Crippen molar-refractivity contribution in [2.24, 2.45) is 5.92 Å². The highest BCUT2D eigenvalue weighted by Gasteiger charge is 2.18. The molecule has 3 nitrogen and oxygen atoms in total. The highest BCUT2D eigenvalue weighted by Crippen LogP contribution is 2.21. The van der Waals surface area contributed by atoms with E-state index >= 15 is 0 Å². The fraction of sp³-hybridized carbons (Fsp3) is 0.727. The van der Waals surface area contributed by atoms with E-state index < -0.39 is 0 Å². The molecule has 1 aliphatic heterocycles. The van der Waals surface area contributed by atoms with Crippen LogP contribution >= 0.6 is 0 Å². The van der Waals surface area contributed by atoms with Gasteiger partial charge >= 0.3 is 0 Å². The van der Waals surface area contributed by atoms with Crippen LogP contribution < -0.4 is 5.32 Å². The SMILES string of the molecule is CC(C)c1cn[nH]c1CC1CCNC1. The van der Waals surface area contributed by atoms with Gasteiger partial charge in [-0.25, -0.2) is 0 Å². The Labute approximate surface area is 85.3 Å². The van der Waals surface area contributed by atoms with E-state index in [1.54, 1.807) is 0 Å². The van der Waals surface area contributed by atoms with Gasteiger partial charge in [-0.15, -0.1) is 0 Å². The smallest absolute Gasteiger partial charge is 0.0524 e. The van der Waals surface area contributed by atoms with E-state index in [0.717, 1.165) is 18.9 Å². The molecule has 2 heterocycles. The van der Waals surface area contributed by atoms with Crippen molar-refractivity contribution in [2.45, 2.75) is 32.6 Å². The molecule has 14 heavy (non-hydrogen) atoms. The number of hydrogen-bond acceptors (Lipinski definition) is 2. The normalized spacial score (nSPS) is 22.1. The Bertz CT molecular complexity index is 284. The van der Waals surface area contributed by atoms with Gasteiger partial charge in [0.15, 0.2) is 0 Å². The van der Waals surface area contributed by atoms with Gasteiger partial charge in [-0.2, -0.15) is 5.10 Å². The maximum atomic E-state index is 4.14. The molecule has 2 N–H and O–H groups in total. The van der Waals surface area contributed by atoms with Crippen LogP contribution in [0.15, 0.2) is 6.20 Å². The lowest BCUT2D eigenvalue weighted by Gasteiger charge is -2.10. The van der Waals surface area contributed by atoms with Crippen molar-refractivity contribution < 1.29 is 0 Å². The number of H-pyrrole nitrogens is 1. The van der Waals surface area contributed by atoms with Gasteiger partial charge < -0.3 is 5.32 Å². The van der Waals surface area contributed by atoms with E-state index in [2.05, 4.69) is 29.4 Å². The summed E-state index contributed by atoms with van der Waals surface area (Å²) in [7, 11) is 0. The molecule has 0 saturated carbocycles. The molecule has 1 aromatic heterocycles. The average Bonchev–Trinajstić information content (AvgIpc) is 2.75. The van der Waals surface area contributed by atoms with Gasteiger partial charge in [0, 0.05) is 5.69 Å². The van der Waals surface area contributed by atoms with E-state index in [4.69, 9.17) is 0 Å². The predicted octanol–water partition coefficient (Wildman–Crippen LogP) is 1.69. The fourth-order valence-electron chi connectivity index (χ4n) is 2.16. The molecular weight excluding hydrogens is 174 g/mol. The van der Waals surface area contributed by atoms with Crippen molar-refractivity contribution in [3.63, 3.8) is 0 Å². The first-order valence-corrected chi connectivity index (χ1v) is 5.50. The number of hydrogen-bond donors (Lipinski definition) is 2. The molecule has 3 heteroatoms. The standard InChI is InChI=1S/C11H19N3/c1-8(2)10-7-13-14-11(10)5-9-3-4-12-6-9/h7-9,12H,3-6H2,1-2H3,(H,13,14). The summed E-state index contributed by atoms with van der Waals surface area (Å²) in [5.74, 6) is 1.38. The summed E-state index contributed by atoms with van der Waals surface area (Å²) in [5.41, 5.74) is 2.73. The first kappa shape index (κ1) is 9.71. The van der Waals surface area contributed by atoms with Gasteiger partial charge in [0.2, 0.25) is 0 Å². The zero-order valence-corrected chi connectivity index (χ0v) is 9.01. The molecule has 1 atom stereocenters. The number of aromatic nitrogens is 2. The zero-order chi connectivity index (χ0) is 9.97. The molecule has 1 fully saturated rings. The highest BCUT2D eigenvalue weighted by atomic mass is 15.1. The summed E-state index contributed by atoms with van der Waals surface area (Å²) in [6.07, 6.45) is 4.43. The molecule has 1 aliphatic rings. The van der Waals surface area contributed by atoms with Gasteiger partial charge in [-0.1, -0.05) is 13.8 Å². The number of aromatic amines is 1. The molecule has 0 radical (unpaired) electrons. The number of nitrogens with one attached hydrogen (secondary N) is 2. The molecule has 0 amide bonds. The summed E-state index contributed by atoms with van der Waals surface area (Å²) < 4.78 is 0. The second-order valence-corrected chi connectivity index (χ2v) is 4.52. The van der Waals surface area contributed by atoms with Gasteiger partial charge in [0.1, 0.15) is 0 Å². The number of nitrogens with zero attached hydrogens (tertiary/aromatic N) is 1. The second-order valence-electron chi connectivity index (χ2n) is 4.52. The van der Waals surface area contributed by atoms with Crippen LogP contribution in [0.1, 0.15) is 37.4 Å². The lowest BCUT2D eigenvalue weighted by Crippen LogP contribution is -2.11. The van der Waals surface area contributed by atoms with Crippen molar-refractivity contribution in [1.29, 1.82) is 0 Å². The monoisotopic (exact) mass is 193 g/mol. The lowest BCUT2D eigenvalue weighted by molar-refractivity contribution is 0.566. The third-order valence-electron chi connectivity index (χ3n) is 3.03. The summed E-state index contributed by atoms with van der Waals surface area (Å²) in [5, 5.41) is 10.7. The van der Waals surface area contributed by atoms with Gasteiger partial charge in [0.25, 0.3) is 0 Å². The molecule has 1 aromatic rings. The minimum Gasteiger partial charge on any atom is -0.316 e. The number of rotatable bonds is 3. The fourth-order valence-corrected chi connectivity index (χ4v) is 2.16. The van der Waals surface area contributed by atoms with Crippen LogP contribution in [0.4, 0.5) is 0 Å². The Hall–Kier alpha value is -0.830. The minimum absolute atomic E-state index is 0.582. The molecule has 0 bridgehead atoms. The maximum absolute atomic E-state index is 4.14. The quantitative estimate of drug-likeness (QED) is 0.767. The molecule has 1 saturated heterocycles. The van der Waals surface area contributed by atoms with Crippen molar-refractivity contribution in [2.75, 3.05) is 13.1 Å². The van der Waals surface area contributed by atoms with Crippen molar-refractivity contribution in [3.05, 3.63) is 17.5 Å². The van der Waals surface area contributed by atoms with E-state index in [1.165, 1.54) is 24.2 Å². The predicted molar refractivity (Wildman–Crippen MR) is 57.4 cm³/mol. The first-order chi connectivity index (χ1) is 6.77. The highest BCUT2D eigenvalue weighted by molar-refractivity contribution is 5.20. The van der Waals surface area contributed by atoms with E-state index in [-0.39, 0.29) is 0 Å². The molecule has 0 aliphatic carbocycles.